The first kappa shape index (κ1) is 23.5. The number of hydrogen-bond acceptors (Lipinski definition) is 5. The van der Waals surface area contributed by atoms with Crippen molar-refractivity contribution in [3.63, 3.8) is 0 Å². The number of rotatable bonds is 4. The zero-order valence-corrected chi connectivity index (χ0v) is 21.0. The molecule has 2 amide bonds. The van der Waals surface area contributed by atoms with Crippen LogP contribution in [0.25, 0.3) is 28.2 Å². The van der Waals surface area contributed by atoms with Gasteiger partial charge in [-0.25, -0.2) is 14.8 Å². The van der Waals surface area contributed by atoms with E-state index in [2.05, 4.69) is 47.1 Å². The van der Waals surface area contributed by atoms with Crippen LogP contribution in [0, 0.1) is 18.3 Å². The second-order valence-electron chi connectivity index (χ2n) is 9.50. The van der Waals surface area contributed by atoms with Gasteiger partial charge in [-0.2, -0.15) is 5.26 Å². The van der Waals surface area contributed by atoms with Crippen molar-refractivity contribution >= 4 is 17.5 Å². The van der Waals surface area contributed by atoms with Crippen LogP contribution >= 0.6 is 0 Å². The number of nitriles is 1. The standard InChI is InChI=1S/C28H29N7O/c1-19-5-9-22(10-6-19)25-24(21-11-7-20(17-29)8-12-21)31-27(26-30-14-16-35(25)26)33(4)28(36)34-15-13-23(18-34)32(2)3/h5-12,14,16,23H,13,15,18H2,1-4H3/t23-/m0/s1. The fourth-order valence-electron chi connectivity index (χ4n) is 4.73. The van der Waals surface area contributed by atoms with Crippen molar-refractivity contribution in [2.45, 2.75) is 19.4 Å². The average molecular weight is 480 g/mol. The monoisotopic (exact) mass is 479 g/mol. The third kappa shape index (κ3) is 4.18. The molecule has 0 spiro atoms. The highest BCUT2D eigenvalue weighted by Crippen LogP contribution is 2.35. The Morgan fingerprint density at radius 1 is 1.06 bits per heavy atom. The Labute approximate surface area is 211 Å². The van der Waals surface area contributed by atoms with Crippen LogP contribution in [0.5, 0.6) is 0 Å². The topological polar surface area (TPSA) is 80.8 Å². The van der Waals surface area contributed by atoms with Crippen molar-refractivity contribution in [1.29, 1.82) is 5.26 Å². The molecule has 2 aromatic heterocycles. The number of aryl methyl sites for hydroxylation is 1. The van der Waals surface area contributed by atoms with Gasteiger partial charge in [-0.15, -0.1) is 0 Å². The highest BCUT2D eigenvalue weighted by molar-refractivity contribution is 5.96. The number of hydrogen-bond donors (Lipinski definition) is 0. The maximum absolute atomic E-state index is 13.5. The number of nitrogens with zero attached hydrogens (tertiary/aromatic N) is 7. The molecule has 1 aliphatic rings. The number of fused-ring (bicyclic) bond motifs is 1. The molecular weight excluding hydrogens is 450 g/mol. The summed E-state index contributed by atoms with van der Waals surface area (Å²) in [7, 11) is 5.85. The number of amides is 2. The fourth-order valence-corrected chi connectivity index (χ4v) is 4.73. The molecule has 5 rings (SSSR count). The Balaban J connectivity index is 1.65. The SMILES string of the molecule is Cc1ccc(-c2c(-c3ccc(C#N)cc3)nc(N(C)C(=O)N3CC[C@H](N(C)C)C3)c3nccn23)cc1. The second kappa shape index (κ2) is 9.44. The first-order valence-corrected chi connectivity index (χ1v) is 12.0. The van der Waals surface area contributed by atoms with Gasteiger partial charge >= 0.3 is 6.03 Å². The summed E-state index contributed by atoms with van der Waals surface area (Å²) in [5, 5.41) is 9.28. The minimum atomic E-state index is -0.0920. The Morgan fingerprint density at radius 2 is 1.75 bits per heavy atom. The Kier molecular flexibility index (Phi) is 6.17. The van der Waals surface area contributed by atoms with E-state index < -0.39 is 0 Å². The van der Waals surface area contributed by atoms with Gasteiger partial charge in [0.15, 0.2) is 11.5 Å². The normalized spacial score (nSPS) is 15.4. The minimum Gasteiger partial charge on any atom is -0.323 e. The molecule has 182 valence electrons. The summed E-state index contributed by atoms with van der Waals surface area (Å²) in [5.74, 6) is 0.494. The largest absolute Gasteiger partial charge is 0.325 e. The molecule has 0 N–H and O–H groups in total. The van der Waals surface area contributed by atoms with Gasteiger partial charge in [-0.1, -0.05) is 42.0 Å². The molecule has 1 atom stereocenters. The molecule has 0 radical (unpaired) electrons. The van der Waals surface area contributed by atoms with Gasteiger partial charge in [0.2, 0.25) is 0 Å². The molecule has 1 saturated heterocycles. The predicted octanol–water partition coefficient (Wildman–Crippen LogP) is 4.44. The maximum atomic E-state index is 13.5. The smallest absolute Gasteiger partial charge is 0.323 e. The van der Waals surface area contributed by atoms with Crippen LogP contribution < -0.4 is 4.90 Å². The summed E-state index contributed by atoms with van der Waals surface area (Å²) >= 11 is 0. The summed E-state index contributed by atoms with van der Waals surface area (Å²) < 4.78 is 2.00. The number of likely N-dealkylation sites (tertiary alicyclic amines) is 1. The van der Waals surface area contributed by atoms with Gasteiger partial charge in [0.25, 0.3) is 0 Å². The van der Waals surface area contributed by atoms with Crippen LogP contribution in [0.1, 0.15) is 17.5 Å². The molecule has 1 fully saturated rings. The van der Waals surface area contributed by atoms with E-state index in [0.717, 1.165) is 34.5 Å². The summed E-state index contributed by atoms with van der Waals surface area (Å²) in [4.78, 5) is 28.8. The van der Waals surface area contributed by atoms with Gasteiger partial charge in [0.05, 0.1) is 23.0 Å². The minimum absolute atomic E-state index is 0.0920. The van der Waals surface area contributed by atoms with Crippen LogP contribution in [0.2, 0.25) is 0 Å². The van der Waals surface area contributed by atoms with Gasteiger partial charge < -0.3 is 9.80 Å². The number of benzene rings is 2. The third-order valence-electron chi connectivity index (χ3n) is 6.90. The molecule has 8 nitrogen and oxygen atoms in total. The maximum Gasteiger partial charge on any atom is 0.325 e. The summed E-state index contributed by atoms with van der Waals surface area (Å²) in [6, 6.07) is 18.1. The number of likely N-dealkylation sites (N-methyl/N-ethyl adjacent to an activating group) is 1. The molecule has 8 heteroatoms. The van der Waals surface area contributed by atoms with Crippen LogP contribution in [0.15, 0.2) is 60.9 Å². The molecule has 0 saturated carbocycles. The van der Waals surface area contributed by atoms with Crippen LogP contribution in [-0.4, -0.2) is 70.5 Å². The molecule has 0 aliphatic carbocycles. The molecule has 3 heterocycles. The highest BCUT2D eigenvalue weighted by atomic mass is 16.2. The Bertz CT molecular complexity index is 1450. The van der Waals surface area contributed by atoms with Gasteiger partial charge in [-0.05, 0) is 39.6 Å². The summed E-state index contributed by atoms with van der Waals surface area (Å²) in [6.07, 6.45) is 4.58. The van der Waals surface area contributed by atoms with E-state index in [1.165, 1.54) is 0 Å². The van der Waals surface area contributed by atoms with Crippen LogP contribution in [0.4, 0.5) is 10.6 Å². The van der Waals surface area contributed by atoms with Crippen molar-refractivity contribution in [3.8, 4) is 28.6 Å². The number of urea groups is 1. The highest BCUT2D eigenvalue weighted by Gasteiger charge is 2.31. The quantitative estimate of drug-likeness (QED) is 0.432. The first-order valence-electron chi connectivity index (χ1n) is 12.0. The lowest BCUT2D eigenvalue weighted by atomic mass is 10.0. The Morgan fingerprint density at radius 3 is 2.39 bits per heavy atom. The summed E-state index contributed by atoms with van der Waals surface area (Å²) in [6.45, 7) is 3.45. The molecule has 4 aromatic rings. The van der Waals surface area contributed by atoms with E-state index in [-0.39, 0.29) is 6.03 Å². The van der Waals surface area contributed by atoms with Gasteiger partial charge in [0.1, 0.15) is 0 Å². The molecule has 2 aromatic carbocycles. The zero-order valence-electron chi connectivity index (χ0n) is 21.0. The number of carbonyl (C=O) groups excluding carboxylic acids is 1. The van der Waals surface area contributed by atoms with E-state index in [1.54, 1.807) is 30.3 Å². The van der Waals surface area contributed by atoms with Crippen LogP contribution in [-0.2, 0) is 0 Å². The molecular formula is C28H29N7O. The number of carbonyl (C=O) groups is 1. The van der Waals surface area contributed by atoms with E-state index in [9.17, 15) is 10.1 Å². The second-order valence-corrected chi connectivity index (χ2v) is 9.50. The average Bonchev–Trinajstić information content (AvgIpc) is 3.58. The zero-order chi connectivity index (χ0) is 25.4. The first-order chi connectivity index (χ1) is 17.4. The van der Waals surface area contributed by atoms with Crippen molar-refractivity contribution in [3.05, 3.63) is 72.1 Å². The lowest BCUT2D eigenvalue weighted by Gasteiger charge is -2.26. The van der Waals surface area contributed by atoms with Gasteiger partial charge in [0, 0.05) is 49.7 Å². The lowest BCUT2D eigenvalue weighted by Crippen LogP contribution is -2.42. The van der Waals surface area contributed by atoms with E-state index in [4.69, 9.17) is 4.98 Å². The van der Waals surface area contributed by atoms with Crippen molar-refractivity contribution < 1.29 is 4.79 Å². The van der Waals surface area contributed by atoms with Crippen molar-refractivity contribution in [2.24, 2.45) is 0 Å². The van der Waals surface area contributed by atoms with E-state index in [0.29, 0.717) is 36.2 Å². The fraction of sp³-hybridized carbons (Fsp3) is 0.286. The number of imidazole rings is 1. The Hall–Kier alpha value is -4.22. The van der Waals surface area contributed by atoms with E-state index >= 15 is 0 Å². The number of anilines is 1. The molecule has 1 aliphatic heterocycles. The van der Waals surface area contributed by atoms with Crippen LogP contribution in [0.3, 0.4) is 0 Å². The molecule has 36 heavy (non-hydrogen) atoms. The van der Waals surface area contributed by atoms with Gasteiger partial charge in [-0.3, -0.25) is 9.30 Å². The van der Waals surface area contributed by atoms with Crippen molar-refractivity contribution in [2.75, 3.05) is 39.1 Å². The number of aromatic nitrogens is 3. The third-order valence-corrected chi connectivity index (χ3v) is 6.90. The molecule has 0 unspecified atom stereocenters. The molecule has 0 bridgehead atoms. The predicted molar refractivity (Wildman–Crippen MR) is 141 cm³/mol. The summed E-state index contributed by atoms with van der Waals surface area (Å²) in [5.41, 5.74) is 5.80. The lowest BCUT2D eigenvalue weighted by molar-refractivity contribution is 0.211. The van der Waals surface area contributed by atoms with Crippen molar-refractivity contribution in [1.82, 2.24) is 24.2 Å². The van der Waals surface area contributed by atoms with E-state index in [1.807, 2.05) is 41.7 Å².